The fraction of sp³-hybridized carbons (Fsp3) is 0.455. The minimum atomic E-state index is -0.519. The molecule has 0 fully saturated rings. The molecule has 0 amide bonds. The smallest absolute Gasteiger partial charge is 0.0704 e. The molecule has 0 saturated heterocycles. The van der Waals surface area contributed by atoms with Crippen LogP contribution in [0.1, 0.15) is 29.7 Å². The third-order valence-corrected chi connectivity index (χ3v) is 3.28. The van der Waals surface area contributed by atoms with Gasteiger partial charge >= 0.3 is 0 Å². The second-order valence-corrected chi connectivity index (χ2v) is 4.58. The molecule has 1 aromatic carbocycles. The van der Waals surface area contributed by atoms with Gasteiger partial charge in [-0.25, -0.2) is 0 Å². The van der Waals surface area contributed by atoms with Crippen LogP contribution in [0.15, 0.2) is 16.6 Å². The molecule has 0 bridgehead atoms. The highest BCUT2D eigenvalue weighted by atomic mass is 79.9. The zero-order valence-electron chi connectivity index (χ0n) is 8.71. The highest BCUT2D eigenvalue weighted by Crippen LogP contribution is 2.25. The van der Waals surface area contributed by atoms with E-state index in [9.17, 15) is 5.11 Å². The van der Waals surface area contributed by atoms with Crippen LogP contribution in [0.5, 0.6) is 0 Å². The van der Waals surface area contributed by atoms with Crippen molar-refractivity contribution in [2.75, 3.05) is 0 Å². The van der Waals surface area contributed by atoms with E-state index in [1.807, 2.05) is 26.0 Å². The minimum Gasteiger partial charge on any atom is -0.391 e. The Hall–Kier alpha value is -0.380. The van der Waals surface area contributed by atoms with E-state index in [0.717, 1.165) is 21.2 Å². The summed E-state index contributed by atoms with van der Waals surface area (Å²) in [6, 6.07) is 3.76. The van der Waals surface area contributed by atoms with E-state index in [4.69, 9.17) is 5.73 Å². The van der Waals surface area contributed by atoms with Gasteiger partial charge in [0.2, 0.25) is 0 Å². The van der Waals surface area contributed by atoms with Gasteiger partial charge in [0.15, 0.2) is 0 Å². The van der Waals surface area contributed by atoms with Crippen molar-refractivity contribution in [2.24, 2.45) is 5.73 Å². The number of hydrogen-bond donors (Lipinski definition) is 2. The van der Waals surface area contributed by atoms with Gasteiger partial charge in [-0.2, -0.15) is 0 Å². The Balaban J connectivity index is 3.15. The van der Waals surface area contributed by atoms with Gasteiger partial charge in [0.1, 0.15) is 0 Å². The molecule has 0 aliphatic carbocycles. The molecular weight excluding hydrogens is 242 g/mol. The Morgan fingerprint density at radius 1 is 1.29 bits per heavy atom. The average Bonchev–Trinajstić information content (AvgIpc) is 2.10. The lowest BCUT2D eigenvalue weighted by atomic mass is 9.96. The molecule has 2 nitrogen and oxygen atoms in total. The van der Waals surface area contributed by atoms with Crippen molar-refractivity contribution in [2.45, 2.75) is 32.9 Å². The highest BCUT2D eigenvalue weighted by Gasteiger charge is 2.15. The summed E-state index contributed by atoms with van der Waals surface area (Å²) < 4.78 is 1.08. The monoisotopic (exact) mass is 257 g/mol. The molecule has 2 unspecified atom stereocenters. The summed E-state index contributed by atoms with van der Waals surface area (Å²) in [5.41, 5.74) is 9.15. The molecule has 0 spiro atoms. The molecule has 0 aromatic heterocycles. The zero-order chi connectivity index (χ0) is 10.9. The molecule has 78 valence electrons. The van der Waals surface area contributed by atoms with Gasteiger partial charge in [-0.1, -0.05) is 22.0 Å². The van der Waals surface area contributed by atoms with E-state index < -0.39 is 6.10 Å². The molecule has 1 rings (SSSR count). The first-order valence-electron chi connectivity index (χ1n) is 4.63. The van der Waals surface area contributed by atoms with Crippen LogP contribution < -0.4 is 5.73 Å². The van der Waals surface area contributed by atoms with E-state index in [1.165, 1.54) is 0 Å². The van der Waals surface area contributed by atoms with Crippen LogP contribution >= 0.6 is 15.9 Å². The van der Waals surface area contributed by atoms with Crippen LogP contribution in [0.25, 0.3) is 0 Å². The Bertz CT molecular complexity index is 336. The van der Waals surface area contributed by atoms with Crippen molar-refractivity contribution in [1.29, 1.82) is 0 Å². The number of aliphatic hydroxyl groups is 1. The van der Waals surface area contributed by atoms with Crippen molar-refractivity contribution in [3.8, 4) is 0 Å². The Morgan fingerprint density at radius 2 is 1.86 bits per heavy atom. The molecule has 1 aromatic rings. The molecule has 3 heteroatoms. The quantitative estimate of drug-likeness (QED) is 0.855. The number of hydrogen-bond acceptors (Lipinski definition) is 2. The van der Waals surface area contributed by atoms with Gasteiger partial charge < -0.3 is 10.8 Å². The molecule has 3 N–H and O–H groups in total. The topological polar surface area (TPSA) is 46.2 Å². The Labute approximate surface area is 93.3 Å². The first kappa shape index (κ1) is 11.7. The Morgan fingerprint density at radius 3 is 2.36 bits per heavy atom. The van der Waals surface area contributed by atoms with Gasteiger partial charge in [-0.05, 0) is 43.5 Å². The maximum Gasteiger partial charge on any atom is 0.0704 e. The summed E-state index contributed by atoms with van der Waals surface area (Å²) in [6.45, 7) is 5.73. The molecule has 2 atom stereocenters. The van der Waals surface area contributed by atoms with Gasteiger partial charge in [-0.15, -0.1) is 0 Å². The molecule has 0 aliphatic rings. The fourth-order valence-corrected chi connectivity index (χ4v) is 1.88. The number of aliphatic hydroxyl groups excluding tert-OH is 1. The van der Waals surface area contributed by atoms with Gasteiger partial charge in [0.25, 0.3) is 0 Å². The normalized spacial score (nSPS) is 15.3. The zero-order valence-corrected chi connectivity index (χ0v) is 10.3. The number of nitrogens with two attached hydrogens (primary N) is 1. The largest absolute Gasteiger partial charge is 0.391 e. The number of halogens is 1. The SMILES string of the molecule is Cc1cc(C(N)C(C)O)c(C)cc1Br. The fourth-order valence-electron chi connectivity index (χ4n) is 1.42. The van der Waals surface area contributed by atoms with E-state index in [2.05, 4.69) is 15.9 Å². The van der Waals surface area contributed by atoms with E-state index in [-0.39, 0.29) is 6.04 Å². The lowest BCUT2D eigenvalue weighted by Gasteiger charge is -2.18. The standard InChI is InChI=1S/C11H16BrNO/c1-6-5-10(12)7(2)4-9(6)11(13)8(3)14/h4-5,8,11,14H,13H2,1-3H3. The van der Waals surface area contributed by atoms with Crippen molar-refractivity contribution in [3.63, 3.8) is 0 Å². The predicted molar refractivity (Wildman–Crippen MR) is 62.2 cm³/mol. The summed E-state index contributed by atoms with van der Waals surface area (Å²) in [7, 11) is 0. The molecule has 14 heavy (non-hydrogen) atoms. The minimum absolute atomic E-state index is 0.304. The summed E-state index contributed by atoms with van der Waals surface area (Å²) in [5.74, 6) is 0. The van der Waals surface area contributed by atoms with Crippen molar-refractivity contribution in [3.05, 3.63) is 33.3 Å². The second-order valence-electron chi connectivity index (χ2n) is 3.72. The Kier molecular flexibility index (Phi) is 3.70. The van der Waals surface area contributed by atoms with Crippen LogP contribution in [0.4, 0.5) is 0 Å². The third-order valence-electron chi connectivity index (χ3n) is 2.43. The summed E-state index contributed by atoms with van der Waals surface area (Å²) in [6.07, 6.45) is -0.519. The van der Waals surface area contributed by atoms with E-state index in [1.54, 1.807) is 6.92 Å². The van der Waals surface area contributed by atoms with E-state index >= 15 is 0 Å². The summed E-state index contributed by atoms with van der Waals surface area (Å²) >= 11 is 3.46. The van der Waals surface area contributed by atoms with Crippen LogP contribution in [0.3, 0.4) is 0 Å². The summed E-state index contributed by atoms with van der Waals surface area (Å²) in [5, 5.41) is 9.42. The van der Waals surface area contributed by atoms with E-state index in [0.29, 0.717) is 0 Å². The van der Waals surface area contributed by atoms with Crippen LogP contribution in [-0.4, -0.2) is 11.2 Å². The first-order valence-corrected chi connectivity index (χ1v) is 5.43. The van der Waals surface area contributed by atoms with Crippen molar-refractivity contribution < 1.29 is 5.11 Å². The maximum atomic E-state index is 9.42. The number of rotatable bonds is 2. The third kappa shape index (κ3) is 2.35. The highest BCUT2D eigenvalue weighted by molar-refractivity contribution is 9.10. The van der Waals surface area contributed by atoms with Crippen molar-refractivity contribution in [1.82, 2.24) is 0 Å². The molecule has 0 radical (unpaired) electrons. The lowest BCUT2D eigenvalue weighted by Crippen LogP contribution is -2.24. The number of aryl methyl sites for hydroxylation is 2. The lowest BCUT2D eigenvalue weighted by molar-refractivity contribution is 0.164. The molecule has 0 saturated carbocycles. The van der Waals surface area contributed by atoms with Gasteiger partial charge in [0, 0.05) is 4.47 Å². The van der Waals surface area contributed by atoms with Crippen molar-refractivity contribution >= 4 is 15.9 Å². The summed E-state index contributed by atoms with van der Waals surface area (Å²) in [4.78, 5) is 0. The first-order chi connectivity index (χ1) is 6.43. The second kappa shape index (κ2) is 4.43. The van der Waals surface area contributed by atoms with Crippen LogP contribution in [0.2, 0.25) is 0 Å². The molecular formula is C11H16BrNO. The maximum absolute atomic E-state index is 9.42. The van der Waals surface area contributed by atoms with Gasteiger partial charge in [0.05, 0.1) is 12.1 Å². The average molecular weight is 258 g/mol. The van der Waals surface area contributed by atoms with Crippen LogP contribution in [-0.2, 0) is 0 Å². The molecule has 0 heterocycles. The number of benzene rings is 1. The predicted octanol–water partition coefficient (Wildman–Crippen LogP) is 2.45. The molecule has 0 aliphatic heterocycles. The van der Waals surface area contributed by atoms with Gasteiger partial charge in [-0.3, -0.25) is 0 Å². The van der Waals surface area contributed by atoms with Crippen LogP contribution in [0, 0.1) is 13.8 Å².